The number of hydrogen-bond acceptors (Lipinski definition) is 0. The number of halogens is 4. The van der Waals surface area contributed by atoms with E-state index in [1.54, 1.807) is 0 Å². The van der Waals surface area contributed by atoms with Crippen LogP contribution in [-0.4, -0.2) is 0 Å². The summed E-state index contributed by atoms with van der Waals surface area (Å²) in [5.74, 6) is -2.37. The molecule has 0 spiro atoms. The van der Waals surface area contributed by atoms with Gasteiger partial charge in [-0.15, -0.1) is 36.4 Å². The molecule has 0 nitrogen and oxygen atoms in total. The Morgan fingerprint density at radius 3 is 0.941 bits per heavy atom. The Morgan fingerprint density at radius 2 is 0.824 bits per heavy atom. The SMILES string of the molecule is Fc1c[c-]cc(F)c1.Fc1c[c-]cc(F)c1.[Zn+2]. The van der Waals surface area contributed by atoms with Crippen molar-refractivity contribution in [2.75, 3.05) is 0 Å². The molecule has 0 amide bonds. The molecule has 84 valence electrons. The third kappa shape index (κ3) is 6.85. The van der Waals surface area contributed by atoms with Crippen molar-refractivity contribution in [1.29, 1.82) is 0 Å². The van der Waals surface area contributed by atoms with E-state index < -0.39 is 23.3 Å². The van der Waals surface area contributed by atoms with Gasteiger partial charge in [0, 0.05) is 23.3 Å². The first-order chi connectivity index (χ1) is 7.58. The maximum absolute atomic E-state index is 11.9. The molecule has 0 saturated carbocycles. The first-order valence-electron chi connectivity index (χ1n) is 4.22. The van der Waals surface area contributed by atoms with Gasteiger partial charge in [0.15, 0.2) is 0 Å². The maximum Gasteiger partial charge on any atom is 2.00 e. The van der Waals surface area contributed by atoms with E-state index in [1.807, 2.05) is 0 Å². The summed E-state index contributed by atoms with van der Waals surface area (Å²) < 4.78 is 47.6. The molecule has 0 heterocycles. The van der Waals surface area contributed by atoms with Crippen LogP contribution >= 0.6 is 0 Å². The number of hydrogen-bond donors (Lipinski definition) is 0. The minimum Gasteiger partial charge on any atom is -0.284 e. The van der Waals surface area contributed by atoms with Gasteiger partial charge >= 0.3 is 19.5 Å². The van der Waals surface area contributed by atoms with E-state index in [0.717, 1.165) is 36.4 Å². The second-order valence-electron chi connectivity index (χ2n) is 2.74. The van der Waals surface area contributed by atoms with Crippen molar-refractivity contribution in [3.05, 3.63) is 71.8 Å². The summed E-state index contributed by atoms with van der Waals surface area (Å²) in [5.41, 5.74) is 0. The minimum atomic E-state index is -0.593. The Hall–Kier alpha value is -1.22. The van der Waals surface area contributed by atoms with Crippen molar-refractivity contribution in [2.45, 2.75) is 0 Å². The molecule has 0 aliphatic rings. The van der Waals surface area contributed by atoms with Gasteiger partial charge in [-0.05, 0) is 0 Å². The van der Waals surface area contributed by atoms with Crippen LogP contribution in [0.5, 0.6) is 0 Å². The van der Waals surface area contributed by atoms with E-state index in [1.165, 1.54) is 0 Å². The summed E-state index contributed by atoms with van der Waals surface area (Å²) in [5, 5.41) is 0. The molecule has 2 rings (SSSR count). The number of rotatable bonds is 0. The zero-order chi connectivity index (χ0) is 12.0. The summed E-state index contributed by atoms with van der Waals surface area (Å²) in [4.78, 5) is 0. The zero-order valence-electron chi connectivity index (χ0n) is 8.68. The van der Waals surface area contributed by atoms with Gasteiger partial charge < -0.3 is 0 Å². The Labute approximate surface area is 109 Å². The smallest absolute Gasteiger partial charge is 0.284 e. The van der Waals surface area contributed by atoms with Gasteiger partial charge in [-0.1, -0.05) is 0 Å². The predicted octanol–water partition coefficient (Wildman–Crippen LogP) is 3.53. The molecule has 0 fully saturated rings. The summed E-state index contributed by atoms with van der Waals surface area (Å²) in [6.45, 7) is 0. The molecule has 0 aromatic heterocycles. The predicted molar refractivity (Wildman–Crippen MR) is 50.4 cm³/mol. The Kier molecular flexibility index (Phi) is 7.39. The summed E-state index contributed by atoms with van der Waals surface area (Å²) in [6.07, 6.45) is 0. The molecule has 17 heavy (non-hydrogen) atoms. The van der Waals surface area contributed by atoms with Crippen molar-refractivity contribution in [3.63, 3.8) is 0 Å². The fourth-order valence-corrected chi connectivity index (χ4v) is 0.832. The standard InChI is InChI=1S/2C6H3F2.Zn/c2*7-5-2-1-3-6(8)4-5;/h2*2-4H;/q2*-1;+2. The van der Waals surface area contributed by atoms with Crippen LogP contribution in [0.3, 0.4) is 0 Å². The molecule has 0 aliphatic carbocycles. The molecule has 0 aliphatic heterocycles. The second kappa shape index (κ2) is 7.96. The van der Waals surface area contributed by atoms with Gasteiger partial charge in [0.1, 0.15) is 0 Å². The van der Waals surface area contributed by atoms with E-state index in [0.29, 0.717) is 0 Å². The van der Waals surface area contributed by atoms with Crippen molar-refractivity contribution < 1.29 is 37.0 Å². The first-order valence-corrected chi connectivity index (χ1v) is 4.22. The van der Waals surface area contributed by atoms with E-state index in [2.05, 4.69) is 12.1 Å². The van der Waals surface area contributed by atoms with Crippen molar-refractivity contribution in [1.82, 2.24) is 0 Å². The fraction of sp³-hybridized carbons (Fsp3) is 0. The van der Waals surface area contributed by atoms with Crippen LogP contribution in [0.1, 0.15) is 0 Å². The van der Waals surface area contributed by atoms with Crippen LogP contribution in [0.25, 0.3) is 0 Å². The molecule has 0 saturated heterocycles. The van der Waals surface area contributed by atoms with Gasteiger partial charge in [-0.25, -0.2) is 0 Å². The monoisotopic (exact) mass is 290 g/mol. The molecule has 0 unspecified atom stereocenters. The van der Waals surface area contributed by atoms with E-state index >= 15 is 0 Å². The summed E-state index contributed by atoms with van der Waals surface area (Å²) in [6, 6.07) is 10.5. The van der Waals surface area contributed by atoms with Crippen molar-refractivity contribution in [2.24, 2.45) is 0 Å². The van der Waals surface area contributed by atoms with E-state index in [4.69, 9.17) is 0 Å². The summed E-state index contributed by atoms with van der Waals surface area (Å²) >= 11 is 0. The van der Waals surface area contributed by atoms with Gasteiger partial charge in [0.05, 0.1) is 0 Å². The minimum absolute atomic E-state index is 0. The summed E-state index contributed by atoms with van der Waals surface area (Å²) in [7, 11) is 0. The van der Waals surface area contributed by atoms with E-state index in [-0.39, 0.29) is 19.5 Å². The number of benzene rings is 2. The van der Waals surface area contributed by atoms with Crippen LogP contribution in [0.15, 0.2) is 36.4 Å². The normalized spacial score (nSPS) is 8.71. The third-order valence-corrected chi connectivity index (χ3v) is 1.44. The molecule has 5 heteroatoms. The largest absolute Gasteiger partial charge is 2.00 e. The van der Waals surface area contributed by atoms with Crippen LogP contribution in [0.2, 0.25) is 0 Å². The Bertz CT molecular complexity index is 382. The molecule has 0 radical (unpaired) electrons. The van der Waals surface area contributed by atoms with Gasteiger partial charge in [0.2, 0.25) is 0 Å². The van der Waals surface area contributed by atoms with Crippen molar-refractivity contribution in [3.8, 4) is 0 Å². The molecule has 2 aromatic carbocycles. The maximum atomic E-state index is 11.9. The topological polar surface area (TPSA) is 0 Å². The van der Waals surface area contributed by atoms with Gasteiger partial charge in [0.25, 0.3) is 0 Å². The molecule has 0 bridgehead atoms. The zero-order valence-corrected chi connectivity index (χ0v) is 11.7. The Balaban J connectivity index is 0.000000284. The molecular formula is C12H6F4Zn. The molecule has 0 atom stereocenters. The van der Waals surface area contributed by atoms with E-state index in [9.17, 15) is 17.6 Å². The second-order valence-corrected chi connectivity index (χ2v) is 2.74. The van der Waals surface area contributed by atoms with Crippen LogP contribution in [0.4, 0.5) is 17.6 Å². The molecular weight excluding hydrogens is 286 g/mol. The third-order valence-electron chi connectivity index (χ3n) is 1.44. The molecule has 2 aromatic rings. The average molecular weight is 292 g/mol. The quantitative estimate of drug-likeness (QED) is 0.396. The fourth-order valence-electron chi connectivity index (χ4n) is 0.832. The first kappa shape index (κ1) is 15.8. The van der Waals surface area contributed by atoms with Crippen LogP contribution in [0, 0.1) is 35.4 Å². The van der Waals surface area contributed by atoms with Crippen LogP contribution in [-0.2, 0) is 19.5 Å². The van der Waals surface area contributed by atoms with Gasteiger partial charge in [-0.2, -0.15) is 12.1 Å². The van der Waals surface area contributed by atoms with Crippen molar-refractivity contribution >= 4 is 0 Å². The Morgan fingerprint density at radius 1 is 0.588 bits per heavy atom. The van der Waals surface area contributed by atoms with Crippen LogP contribution < -0.4 is 0 Å². The van der Waals surface area contributed by atoms with Gasteiger partial charge in [-0.3, -0.25) is 17.6 Å². The molecule has 0 N–H and O–H groups in total. The average Bonchev–Trinajstić information content (AvgIpc) is 2.17.